The molecule has 1 rings (SSSR count). The number of hydrogen-bond donors (Lipinski definition) is 1. The van der Waals surface area contributed by atoms with Gasteiger partial charge in [-0.1, -0.05) is 12.1 Å². The third kappa shape index (κ3) is 5.98. The van der Waals surface area contributed by atoms with Crippen LogP contribution >= 0.6 is 0 Å². The molecule has 0 unspecified atom stereocenters. The maximum atomic E-state index is 12.1. The summed E-state index contributed by atoms with van der Waals surface area (Å²) in [5.74, 6) is -1.79. The normalized spacial score (nSPS) is 11.8. The molecule has 21 heavy (non-hydrogen) atoms. The van der Waals surface area contributed by atoms with E-state index in [1.54, 1.807) is 0 Å². The van der Waals surface area contributed by atoms with Gasteiger partial charge in [0.15, 0.2) is 0 Å². The van der Waals surface area contributed by atoms with E-state index in [0.29, 0.717) is 0 Å². The van der Waals surface area contributed by atoms with Gasteiger partial charge < -0.3 is 14.8 Å². The van der Waals surface area contributed by atoms with Crippen molar-refractivity contribution < 1.29 is 32.2 Å². The zero-order chi connectivity index (χ0) is 16.0. The summed E-state index contributed by atoms with van der Waals surface area (Å²) < 4.78 is 44.6. The third-order valence-electron chi connectivity index (χ3n) is 2.12. The summed E-state index contributed by atoms with van der Waals surface area (Å²) in [6.07, 6.45) is -3.64. The summed E-state index contributed by atoms with van der Waals surface area (Å²) >= 11 is 0. The fraction of sp³-hybridized carbons (Fsp3) is 0.231. The predicted octanol–water partition coefficient (Wildman–Crippen LogP) is 2.24. The summed E-state index contributed by atoms with van der Waals surface area (Å²) in [6, 6.07) is 4.93. The summed E-state index contributed by atoms with van der Waals surface area (Å²) in [5.41, 5.74) is 0.0278. The highest BCUT2D eigenvalue weighted by molar-refractivity contribution is 5.97. The SMILES string of the molecule is COC(=O)C(=Cc1cccc(OC(F)(F)F)c1)NC(C)=O. The molecule has 0 atom stereocenters. The van der Waals surface area contributed by atoms with Crippen LogP contribution in [0, 0.1) is 0 Å². The van der Waals surface area contributed by atoms with Crippen LogP contribution < -0.4 is 10.1 Å². The quantitative estimate of drug-likeness (QED) is 0.684. The van der Waals surface area contributed by atoms with Crippen molar-refractivity contribution in [2.24, 2.45) is 0 Å². The smallest absolute Gasteiger partial charge is 0.464 e. The van der Waals surface area contributed by atoms with Gasteiger partial charge in [-0.3, -0.25) is 4.79 Å². The van der Waals surface area contributed by atoms with Crippen LogP contribution in [0.25, 0.3) is 6.08 Å². The second-order valence-corrected chi connectivity index (χ2v) is 3.85. The Bertz CT molecular complexity index is 567. The number of hydrogen-bond acceptors (Lipinski definition) is 4. The number of carbonyl (C=O) groups excluding carboxylic acids is 2. The van der Waals surface area contributed by atoms with Crippen LogP contribution in [0.1, 0.15) is 12.5 Å². The third-order valence-corrected chi connectivity index (χ3v) is 2.12. The summed E-state index contributed by atoms with van der Waals surface area (Å²) in [5, 5.41) is 2.23. The predicted molar refractivity (Wildman–Crippen MR) is 66.9 cm³/mol. The first-order valence-corrected chi connectivity index (χ1v) is 5.64. The number of nitrogens with one attached hydrogen (secondary N) is 1. The topological polar surface area (TPSA) is 64.6 Å². The Kier molecular flexibility index (Phi) is 5.34. The van der Waals surface area contributed by atoms with Crippen molar-refractivity contribution in [3.05, 3.63) is 35.5 Å². The number of methoxy groups -OCH3 is 1. The van der Waals surface area contributed by atoms with E-state index in [-0.39, 0.29) is 11.3 Å². The van der Waals surface area contributed by atoms with Crippen molar-refractivity contribution in [2.45, 2.75) is 13.3 Å². The van der Waals surface area contributed by atoms with Crippen LogP contribution in [-0.4, -0.2) is 25.3 Å². The summed E-state index contributed by atoms with van der Waals surface area (Å²) in [6.45, 7) is 1.18. The van der Waals surface area contributed by atoms with Gasteiger partial charge in [0.1, 0.15) is 11.4 Å². The van der Waals surface area contributed by atoms with Crippen molar-refractivity contribution in [1.29, 1.82) is 0 Å². The molecule has 8 heteroatoms. The van der Waals surface area contributed by atoms with Gasteiger partial charge in [0.2, 0.25) is 5.91 Å². The van der Waals surface area contributed by atoms with Gasteiger partial charge in [0.25, 0.3) is 0 Å². The van der Waals surface area contributed by atoms with Gasteiger partial charge in [-0.15, -0.1) is 13.2 Å². The fourth-order valence-corrected chi connectivity index (χ4v) is 1.41. The molecule has 1 amide bonds. The zero-order valence-electron chi connectivity index (χ0n) is 11.2. The molecular formula is C13H12F3NO4. The highest BCUT2D eigenvalue weighted by Gasteiger charge is 2.31. The first-order valence-electron chi connectivity index (χ1n) is 5.64. The maximum Gasteiger partial charge on any atom is 0.573 e. The maximum absolute atomic E-state index is 12.1. The fourth-order valence-electron chi connectivity index (χ4n) is 1.41. The second kappa shape index (κ2) is 6.78. The molecule has 1 N–H and O–H groups in total. The molecule has 0 spiro atoms. The molecule has 0 aliphatic rings. The van der Waals surface area contributed by atoms with Crippen LogP contribution in [0.2, 0.25) is 0 Å². The van der Waals surface area contributed by atoms with Crippen molar-refractivity contribution in [2.75, 3.05) is 7.11 Å². The number of rotatable bonds is 4. The van der Waals surface area contributed by atoms with E-state index in [2.05, 4.69) is 14.8 Å². The van der Waals surface area contributed by atoms with Crippen molar-refractivity contribution in [3.63, 3.8) is 0 Å². The molecule has 1 aromatic rings. The molecule has 0 saturated carbocycles. The number of halogens is 3. The number of carbonyl (C=O) groups is 2. The minimum Gasteiger partial charge on any atom is -0.464 e. The Morgan fingerprint density at radius 1 is 1.29 bits per heavy atom. The molecule has 0 aliphatic carbocycles. The Morgan fingerprint density at radius 3 is 2.48 bits per heavy atom. The zero-order valence-corrected chi connectivity index (χ0v) is 11.2. The molecule has 0 heterocycles. The lowest BCUT2D eigenvalue weighted by atomic mass is 10.2. The van der Waals surface area contributed by atoms with E-state index in [9.17, 15) is 22.8 Å². The molecule has 0 aromatic heterocycles. The van der Waals surface area contributed by atoms with Crippen molar-refractivity contribution in [3.8, 4) is 5.75 Å². The van der Waals surface area contributed by atoms with E-state index < -0.39 is 24.0 Å². The number of benzene rings is 1. The van der Waals surface area contributed by atoms with Crippen LogP contribution in [0.4, 0.5) is 13.2 Å². The number of esters is 1. The highest BCUT2D eigenvalue weighted by atomic mass is 19.4. The Hall–Kier alpha value is -2.51. The number of ether oxygens (including phenoxy) is 2. The van der Waals surface area contributed by atoms with E-state index in [1.807, 2.05) is 0 Å². The van der Waals surface area contributed by atoms with Crippen LogP contribution in [0.5, 0.6) is 5.75 Å². The summed E-state index contributed by atoms with van der Waals surface area (Å²) in [4.78, 5) is 22.4. The number of amides is 1. The van der Waals surface area contributed by atoms with Crippen LogP contribution in [0.15, 0.2) is 30.0 Å². The highest BCUT2D eigenvalue weighted by Crippen LogP contribution is 2.24. The standard InChI is InChI=1S/C13H12F3NO4/c1-8(18)17-11(12(19)20-2)7-9-4-3-5-10(6-9)21-13(14,15)16/h3-7H,1-2H3,(H,17,18). The molecule has 0 radical (unpaired) electrons. The molecule has 0 fully saturated rings. The lowest BCUT2D eigenvalue weighted by molar-refractivity contribution is -0.274. The molecule has 5 nitrogen and oxygen atoms in total. The monoisotopic (exact) mass is 303 g/mol. The Balaban J connectivity index is 3.07. The van der Waals surface area contributed by atoms with E-state index in [1.165, 1.54) is 25.1 Å². The van der Waals surface area contributed by atoms with Gasteiger partial charge in [-0.05, 0) is 23.8 Å². The van der Waals surface area contributed by atoms with Gasteiger partial charge in [-0.2, -0.15) is 0 Å². The van der Waals surface area contributed by atoms with Gasteiger partial charge in [0, 0.05) is 6.92 Å². The van der Waals surface area contributed by atoms with Crippen LogP contribution in [0.3, 0.4) is 0 Å². The average molecular weight is 303 g/mol. The average Bonchev–Trinajstić information content (AvgIpc) is 2.35. The molecule has 0 bridgehead atoms. The van der Waals surface area contributed by atoms with Crippen molar-refractivity contribution in [1.82, 2.24) is 5.32 Å². The minimum absolute atomic E-state index is 0.200. The largest absolute Gasteiger partial charge is 0.573 e. The van der Waals surface area contributed by atoms with Crippen LogP contribution in [-0.2, 0) is 14.3 Å². The first kappa shape index (κ1) is 16.5. The molecule has 114 valence electrons. The Morgan fingerprint density at radius 2 is 1.95 bits per heavy atom. The minimum atomic E-state index is -4.81. The van der Waals surface area contributed by atoms with Gasteiger partial charge in [-0.25, -0.2) is 4.79 Å². The lowest BCUT2D eigenvalue weighted by Crippen LogP contribution is -2.25. The molecule has 0 aliphatic heterocycles. The van der Waals surface area contributed by atoms with Gasteiger partial charge >= 0.3 is 12.3 Å². The van der Waals surface area contributed by atoms with Gasteiger partial charge in [0.05, 0.1) is 7.11 Å². The summed E-state index contributed by atoms with van der Waals surface area (Å²) in [7, 11) is 1.11. The number of alkyl halides is 3. The second-order valence-electron chi connectivity index (χ2n) is 3.85. The van der Waals surface area contributed by atoms with E-state index in [0.717, 1.165) is 19.2 Å². The van der Waals surface area contributed by atoms with Crippen molar-refractivity contribution >= 4 is 18.0 Å². The first-order chi connectivity index (χ1) is 9.71. The molecular weight excluding hydrogens is 291 g/mol. The molecule has 0 saturated heterocycles. The lowest BCUT2D eigenvalue weighted by Gasteiger charge is -2.10. The Labute approximate surface area is 118 Å². The van der Waals surface area contributed by atoms with E-state index >= 15 is 0 Å². The van der Waals surface area contributed by atoms with E-state index in [4.69, 9.17) is 0 Å². The molecule has 1 aromatic carbocycles.